The minimum absolute atomic E-state index is 0.0803. The average Bonchev–Trinajstić information content (AvgIpc) is 2.92. The summed E-state index contributed by atoms with van der Waals surface area (Å²) in [5.74, 6) is 0.111. The molecule has 2 rings (SSSR count). The molecule has 0 bridgehead atoms. The van der Waals surface area contributed by atoms with Crippen LogP contribution < -0.4 is 10.1 Å². The second-order valence-electron chi connectivity index (χ2n) is 3.99. The lowest BCUT2D eigenvalue weighted by atomic mass is 10.3. The molecule has 2 N–H and O–H groups in total. The smallest absolute Gasteiger partial charge is 0.272 e. The van der Waals surface area contributed by atoms with E-state index in [1.165, 1.54) is 11.3 Å². The highest BCUT2D eigenvalue weighted by atomic mass is 35.5. The molecule has 2 aromatic heterocycles. The number of thiophene rings is 1. The van der Waals surface area contributed by atoms with Crippen molar-refractivity contribution < 1.29 is 9.53 Å². The van der Waals surface area contributed by atoms with Gasteiger partial charge < -0.3 is 4.74 Å². The Morgan fingerprint density at radius 3 is 2.84 bits per heavy atom. The van der Waals surface area contributed by atoms with Gasteiger partial charge in [0.25, 0.3) is 11.9 Å². The lowest BCUT2D eigenvalue weighted by molar-refractivity contribution is 0.102. The van der Waals surface area contributed by atoms with Crippen LogP contribution in [-0.2, 0) is 0 Å². The topological polar surface area (TPSA) is 92.8 Å². The number of aromatic amines is 1. The van der Waals surface area contributed by atoms with Gasteiger partial charge in [0, 0.05) is 4.88 Å². The van der Waals surface area contributed by atoms with Crippen LogP contribution in [0.5, 0.6) is 5.75 Å². The van der Waals surface area contributed by atoms with Gasteiger partial charge >= 0.3 is 0 Å². The molecule has 0 unspecified atom stereocenters. The van der Waals surface area contributed by atoms with E-state index in [1.807, 2.05) is 20.8 Å². The summed E-state index contributed by atoms with van der Waals surface area (Å²) in [4.78, 5) is 13.3. The van der Waals surface area contributed by atoms with E-state index in [-0.39, 0.29) is 18.0 Å². The van der Waals surface area contributed by atoms with Crippen molar-refractivity contribution >= 4 is 34.8 Å². The fraction of sp³-hybridized carbons (Fsp3) is 0.400. The van der Waals surface area contributed by atoms with E-state index in [1.54, 1.807) is 0 Å². The van der Waals surface area contributed by atoms with Gasteiger partial charge in [-0.1, -0.05) is 16.7 Å². The first-order valence-electron chi connectivity index (χ1n) is 5.49. The van der Waals surface area contributed by atoms with E-state index < -0.39 is 0 Å². The Bertz CT molecular complexity index is 581. The van der Waals surface area contributed by atoms with Gasteiger partial charge in [-0.3, -0.25) is 10.1 Å². The first kappa shape index (κ1) is 13.8. The maximum Gasteiger partial charge on any atom is 0.272 e. The Kier molecular flexibility index (Phi) is 4.01. The quantitative estimate of drug-likeness (QED) is 0.903. The molecule has 0 fully saturated rings. The van der Waals surface area contributed by atoms with Gasteiger partial charge in [-0.15, -0.1) is 16.4 Å². The molecule has 0 radical (unpaired) electrons. The monoisotopic (exact) mass is 301 g/mol. The zero-order chi connectivity index (χ0) is 14.0. The van der Waals surface area contributed by atoms with Gasteiger partial charge in [0.1, 0.15) is 4.88 Å². The number of H-pyrrole nitrogens is 1. The zero-order valence-corrected chi connectivity index (χ0v) is 12.1. The van der Waals surface area contributed by atoms with Crippen LogP contribution in [0.4, 0.5) is 5.95 Å². The number of ether oxygens (including phenoxy) is 1. The number of anilines is 1. The molecule has 0 aliphatic carbocycles. The fourth-order valence-electron chi connectivity index (χ4n) is 1.37. The van der Waals surface area contributed by atoms with Crippen LogP contribution in [0.2, 0.25) is 5.02 Å². The number of hydrogen-bond donors (Lipinski definition) is 2. The molecule has 19 heavy (non-hydrogen) atoms. The van der Waals surface area contributed by atoms with Gasteiger partial charge in [0.05, 0.1) is 11.1 Å². The Balaban J connectivity index is 2.28. The summed E-state index contributed by atoms with van der Waals surface area (Å²) in [6.07, 6.45) is -0.0803. The Hall–Kier alpha value is -1.67. The molecule has 7 nitrogen and oxygen atoms in total. The number of amides is 1. The van der Waals surface area contributed by atoms with Crippen LogP contribution in [0.15, 0.2) is 0 Å². The van der Waals surface area contributed by atoms with Crippen LogP contribution >= 0.6 is 22.9 Å². The summed E-state index contributed by atoms with van der Waals surface area (Å²) in [6, 6.07) is 0. The Morgan fingerprint density at radius 2 is 2.26 bits per heavy atom. The maximum atomic E-state index is 12.1. The minimum Gasteiger partial charge on any atom is -0.488 e. The van der Waals surface area contributed by atoms with Crippen LogP contribution in [-0.4, -0.2) is 32.6 Å². The van der Waals surface area contributed by atoms with Gasteiger partial charge in [0.15, 0.2) is 5.75 Å². The van der Waals surface area contributed by atoms with E-state index in [4.69, 9.17) is 16.3 Å². The van der Waals surface area contributed by atoms with Crippen LogP contribution in [0.25, 0.3) is 0 Å². The predicted molar refractivity (Wildman–Crippen MR) is 72.0 cm³/mol. The molecule has 9 heteroatoms. The molecule has 0 atom stereocenters. The second-order valence-corrected chi connectivity index (χ2v) is 5.59. The summed E-state index contributed by atoms with van der Waals surface area (Å²) >= 11 is 7.40. The molecular weight excluding hydrogens is 290 g/mol. The van der Waals surface area contributed by atoms with Crippen LogP contribution in [0.3, 0.4) is 0 Å². The van der Waals surface area contributed by atoms with Crippen molar-refractivity contribution in [3.63, 3.8) is 0 Å². The molecule has 2 aromatic rings. The van der Waals surface area contributed by atoms with E-state index in [9.17, 15) is 4.79 Å². The van der Waals surface area contributed by atoms with E-state index >= 15 is 0 Å². The van der Waals surface area contributed by atoms with Crippen LogP contribution in [0.1, 0.15) is 28.4 Å². The summed E-state index contributed by atoms with van der Waals surface area (Å²) in [5, 5.41) is 15.9. The maximum absolute atomic E-state index is 12.1. The first-order chi connectivity index (χ1) is 8.99. The molecule has 0 spiro atoms. The molecule has 0 aliphatic heterocycles. The van der Waals surface area contributed by atoms with E-state index in [0.717, 1.165) is 4.88 Å². The van der Waals surface area contributed by atoms with Gasteiger partial charge in [-0.25, -0.2) is 0 Å². The molecule has 1 amide bonds. The highest BCUT2D eigenvalue weighted by molar-refractivity contribution is 7.15. The Morgan fingerprint density at radius 1 is 1.53 bits per heavy atom. The van der Waals surface area contributed by atoms with Crippen molar-refractivity contribution in [1.29, 1.82) is 0 Å². The number of rotatable bonds is 4. The third-order valence-corrected chi connectivity index (χ3v) is 3.75. The lowest BCUT2D eigenvalue weighted by Crippen LogP contribution is -2.14. The molecule has 2 heterocycles. The third-order valence-electron chi connectivity index (χ3n) is 2.10. The largest absolute Gasteiger partial charge is 0.488 e. The highest BCUT2D eigenvalue weighted by Crippen LogP contribution is 2.39. The van der Waals surface area contributed by atoms with Gasteiger partial charge in [0.2, 0.25) is 0 Å². The normalized spacial score (nSPS) is 10.8. The van der Waals surface area contributed by atoms with Crippen molar-refractivity contribution in [3.8, 4) is 5.75 Å². The zero-order valence-electron chi connectivity index (χ0n) is 10.5. The number of carbonyl (C=O) groups excluding carboxylic acids is 1. The number of halogens is 1. The number of carbonyl (C=O) groups is 1. The highest BCUT2D eigenvalue weighted by Gasteiger charge is 2.23. The molecular formula is C10H12ClN5O2S. The summed E-state index contributed by atoms with van der Waals surface area (Å²) in [5.41, 5.74) is 0. The molecule has 0 aromatic carbocycles. The number of nitrogens with one attached hydrogen (secondary N) is 2. The molecule has 0 saturated heterocycles. The van der Waals surface area contributed by atoms with Crippen LogP contribution in [0, 0.1) is 6.92 Å². The minimum atomic E-state index is -0.378. The fourth-order valence-corrected chi connectivity index (χ4v) is 2.55. The van der Waals surface area contributed by atoms with Gasteiger partial charge in [-0.2, -0.15) is 5.21 Å². The number of aromatic nitrogens is 4. The average molecular weight is 302 g/mol. The van der Waals surface area contributed by atoms with Crippen molar-refractivity contribution in [2.45, 2.75) is 26.9 Å². The molecule has 0 saturated carbocycles. The number of aryl methyl sites for hydroxylation is 1. The van der Waals surface area contributed by atoms with Crippen molar-refractivity contribution in [1.82, 2.24) is 20.6 Å². The molecule has 102 valence electrons. The summed E-state index contributed by atoms with van der Waals surface area (Å²) in [7, 11) is 0. The first-order valence-corrected chi connectivity index (χ1v) is 6.68. The summed E-state index contributed by atoms with van der Waals surface area (Å²) in [6.45, 7) is 5.56. The predicted octanol–water partition coefficient (Wildman–Crippen LogP) is 2.26. The standard InChI is InChI=1S/C10H12ClN5O2S/c1-4(2)18-7-6(11)5(3)19-8(7)9(17)12-10-13-15-16-14-10/h4H,1-3H3,(H2,12,13,14,15,16,17). The van der Waals surface area contributed by atoms with Crippen molar-refractivity contribution in [3.05, 3.63) is 14.8 Å². The van der Waals surface area contributed by atoms with E-state index in [2.05, 4.69) is 25.9 Å². The lowest BCUT2D eigenvalue weighted by Gasteiger charge is -2.10. The number of tetrazole rings is 1. The van der Waals surface area contributed by atoms with E-state index in [0.29, 0.717) is 15.6 Å². The molecule has 0 aliphatic rings. The van der Waals surface area contributed by atoms with Gasteiger partial charge in [-0.05, 0) is 26.0 Å². The second kappa shape index (κ2) is 5.54. The van der Waals surface area contributed by atoms with Crippen molar-refractivity contribution in [2.75, 3.05) is 5.32 Å². The SMILES string of the molecule is Cc1sc(C(=O)Nc2nn[nH]n2)c(OC(C)C)c1Cl. The summed E-state index contributed by atoms with van der Waals surface area (Å²) < 4.78 is 5.59. The number of nitrogens with zero attached hydrogens (tertiary/aromatic N) is 3. The number of hydrogen-bond acceptors (Lipinski definition) is 6. The van der Waals surface area contributed by atoms with Crippen molar-refractivity contribution in [2.24, 2.45) is 0 Å². The Labute approximate surface area is 118 Å². The third kappa shape index (κ3) is 3.02.